The lowest BCUT2D eigenvalue weighted by molar-refractivity contribution is 0.0701. The highest BCUT2D eigenvalue weighted by molar-refractivity contribution is 9.10. The van der Waals surface area contributed by atoms with Crippen molar-refractivity contribution in [3.8, 4) is 34.4 Å². The lowest BCUT2D eigenvalue weighted by Gasteiger charge is -2.15. The van der Waals surface area contributed by atoms with Crippen LogP contribution in [0.2, 0.25) is 0 Å². The van der Waals surface area contributed by atoms with Crippen LogP contribution in [0.25, 0.3) is 22.3 Å². The molecule has 0 bridgehead atoms. The molecule has 0 aliphatic rings. The molecular weight excluding hydrogens is 582 g/mol. The number of ether oxygens (including phenoxy) is 4. The highest BCUT2D eigenvalue weighted by Crippen LogP contribution is 2.41. The number of aromatic nitrogens is 2. The predicted octanol–water partition coefficient (Wildman–Crippen LogP) is 5.55. The van der Waals surface area contributed by atoms with Crippen LogP contribution in [-0.4, -0.2) is 43.2 Å². The van der Waals surface area contributed by atoms with Crippen molar-refractivity contribution in [3.63, 3.8) is 0 Å². The lowest BCUT2D eigenvalue weighted by Crippen LogP contribution is -2.20. The zero-order chi connectivity index (χ0) is 28.2. The van der Waals surface area contributed by atoms with Crippen molar-refractivity contribution in [1.29, 1.82) is 0 Å². The quantitative estimate of drug-likeness (QED) is 0.129. The minimum Gasteiger partial charge on any atom is -0.493 e. The van der Waals surface area contributed by atoms with E-state index in [1.54, 1.807) is 60.7 Å². The van der Waals surface area contributed by atoms with Crippen LogP contribution in [0.1, 0.15) is 16.1 Å². The van der Waals surface area contributed by atoms with Gasteiger partial charge in [-0.25, -0.2) is 9.78 Å². The molecule has 0 radical (unpaired) electrons. The van der Waals surface area contributed by atoms with Gasteiger partial charge in [-0.2, -0.15) is 9.78 Å². The Morgan fingerprint density at radius 2 is 1.70 bits per heavy atom. The number of nitrogens with zero attached hydrogens (tertiary/aromatic N) is 3. The van der Waals surface area contributed by atoms with Gasteiger partial charge in [0.25, 0.3) is 5.56 Å². The summed E-state index contributed by atoms with van der Waals surface area (Å²) in [6.45, 7) is 0. The first-order chi connectivity index (χ1) is 19.4. The molecule has 5 rings (SSSR count). The molecule has 0 unspecified atom stereocenters. The molecule has 0 saturated carbocycles. The molecule has 0 N–H and O–H groups in total. The average Bonchev–Trinajstić information content (AvgIpc) is 3.52. The number of fused-ring (bicyclic) bond motifs is 1. The number of carbonyl (C=O) groups is 1. The van der Waals surface area contributed by atoms with E-state index in [0.717, 1.165) is 0 Å². The highest BCUT2D eigenvalue weighted by atomic mass is 79.9. The Balaban J connectivity index is 1.67. The van der Waals surface area contributed by atoms with Gasteiger partial charge in [-0.05, 0) is 54.6 Å². The summed E-state index contributed by atoms with van der Waals surface area (Å²) in [5.74, 6) is 0.967. The van der Waals surface area contributed by atoms with Crippen LogP contribution < -0.4 is 24.5 Å². The fourth-order valence-electron chi connectivity index (χ4n) is 4.01. The van der Waals surface area contributed by atoms with E-state index in [1.807, 2.05) is 0 Å². The summed E-state index contributed by atoms with van der Waals surface area (Å²) in [5, 5.41) is 4.87. The van der Waals surface area contributed by atoms with Gasteiger partial charge in [0.05, 0.1) is 44.7 Å². The summed E-state index contributed by atoms with van der Waals surface area (Å²) in [4.78, 5) is 30.9. The molecule has 0 saturated heterocycles. The molecule has 3 aromatic carbocycles. The van der Waals surface area contributed by atoms with Crippen molar-refractivity contribution in [1.82, 2.24) is 9.66 Å². The van der Waals surface area contributed by atoms with Gasteiger partial charge >= 0.3 is 5.97 Å². The lowest BCUT2D eigenvalue weighted by atomic mass is 10.1. The summed E-state index contributed by atoms with van der Waals surface area (Å²) < 4.78 is 29.0. The van der Waals surface area contributed by atoms with Gasteiger partial charge in [-0.15, -0.1) is 0 Å². The first-order valence-corrected chi connectivity index (χ1v) is 12.6. The number of rotatable bonds is 8. The minimum atomic E-state index is -0.676. The number of para-hydroxylation sites is 1. The number of methoxy groups -OCH3 is 3. The molecule has 202 valence electrons. The molecule has 5 aromatic rings. The monoisotopic (exact) mass is 603 g/mol. The second-order valence-corrected chi connectivity index (χ2v) is 9.19. The van der Waals surface area contributed by atoms with E-state index < -0.39 is 11.5 Å². The van der Waals surface area contributed by atoms with Gasteiger partial charge in [0.15, 0.2) is 17.3 Å². The third kappa shape index (κ3) is 5.19. The number of benzene rings is 3. The van der Waals surface area contributed by atoms with Crippen LogP contribution in [0.4, 0.5) is 0 Å². The Morgan fingerprint density at radius 3 is 2.38 bits per heavy atom. The molecule has 10 nitrogen and oxygen atoms in total. The number of hydrogen-bond acceptors (Lipinski definition) is 9. The molecule has 2 aromatic heterocycles. The van der Waals surface area contributed by atoms with Crippen LogP contribution in [0, 0.1) is 0 Å². The Morgan fingerprint density at radius 1 is 0.950 bits per heavy atom. The summed E-state index contributed by atoms with van der Waals surface area (Å²) in [6, 6.07) is 18.4. The molecule has 0 amide bonds. The molecular formula is C29H22BrN3O7. The maximum absolute atomic E-state index is 13.7. The van der Waals surface area contributed by atoms with Crippen LogP contribution in [0.5, 0.6) is 23.0 Å². The van der Waals surface area contributed by atoms with Crippen LogP contribution >= 0.6 is 15.9 Å². The number of halogens is 1. The molecule has 0 spiro atoms. The molecule has 2 heterocycles. The summed E-state index contributed by atoms with van der Waals surface area (Å²) in [5.41, 5.74) is 0.992. The Hall–Kier alpha value is -4.90. The van der Waals surface area contributed by atoms with Gasteiger partial charge in [-0.3, -0.25) is 4.79 Å². The van der Waals surface area contributed by atoms with Gasteiger partial charge < -0.3 is 23.4 Å². The van der Waals surface area contributed by atoms with Crippen molar-refractivity contribution < 1.29 is 28.2 Å². The predicted molar refractivity (Wildman–Crippen MR) is 152 cm³/mol. The standard InChI is InChI=1S/C29H22BrN3O7/c1-36-24-14-17(15-25(37-2)26(24)38-3)27-32-21-8-5-4-7-20(21)28(34)33(27)31-16-18-13-19(30)10-11-22(18)40-29(35)23-9-6-12-39-23/h4-16H,1-3H3. The topological polar surface area (TPSA) is 114 Å². The molecule has 0 fully saturated rings. The second-order valence-electron chi connectivity index (χ2n) is 8.28. The second kappa shape index (κ2) is 11.5. The average molecular weight is 604 g/mol. The third-order valence-corrected chi connectivity index (χ3v) is 6.38. The molecule has 40 heavy (non-hydrogen) atoms. The van der Waals surface area contributed by atoms with Crippen molar-refractivity contribution in [2.24, 2.45) is 5.10 Å². The molecule has 0 aliphatic heterocycles. The normalized spacial score (nSPS) is 11.1. The smallest absolute Gasteiger partial charge is 0.379 e. The van der Waals surface area contributed by atoms with E-state index >= 15 is 0 Å². The van der Waals surface area contributed by atoms with E-state index in [4.69, 9.17) is 28.3 Å². The van der Waals surface area contributed by atoms with E-state index in [9.17, 15) is 9.59 Å². The first-order valence-electron chi connectivity index (χ1n) is 11.8. The van der Waals surface area contributed by atoms with Crippen molar-refractivity contribution in [2.75, 3.05) is 21.3 Å². The maximum Gasteiger partial charge on any atom is 0.379 e. The fourth-order valence-corrected chi connectivity index (χ4v) is 4.38. The number of carbonyl (C=O) groups excluding carboxylic acids is 1. The van der Waals surface area contributed by atoms with E-state index in [-0.39, 0.29) is 17.3 Å². The largest absolute Gasteiger partial charge is 0.493 e. The van der Waals surface area contributed by atoms with Crippen LogP contribution in [0.15, 0.2) is 91.8 Å². The van der Waals surface area contributed by atoms with E-state index in [1.165, 1.54) is 44.5 Å². The van der Waals surface area contributed by atoms with Crippen LogP contribution in [-0.2, 0) is 0 Å². The van der Waals surface area contributed by atoms with E-state index in [0.29, 0.717) is 43.8 Å². The number of hydrogen-bond donors (Lipinski definition) is 0. The molecule has 0 aliphatic carbocycles. The number of furan rings is 1. The van der Waals surface area contributed by atoms with Crippen LogP contribution in [0.3, 0.4) is 0 Å². The Labute approximate surface area is 236 Å². The van der Waals surface area contributed by atoms with Crippen molar-refractivity contribution in [3.05, 3.63) is 99.1 Å². The summed E-state index contributed by atoms with van der Waals surface area (Å²) in [6.07, 6.45) is 2.79. The summed E-state index contributed by atoms with van der Waals surface area (Å²) in [7, 11) is 4.50. The zero-order valence-corrected chi connectivity index (χ0v) is 23.2. The highest BCUT2D eigenvalue weighted by Gasteiger charge is 2.19. The SMILES string of the molecule is COc1cc(-c2nc3ccccc3c(=O)n2N=Cc2cc(Br)ccc2OC(=O)c2ccco2)cc(OC)c1OC. The molecule has 11 heteroatoms. The summed E-state index contributed by atoms with van der Waals surface area (Å²) >= 11 is 3.43. The van der Waals surface area contributed by atoms with Gasteiger partial charge in [-0.1, -0.05) is 28.1 Å². The number of esters is 1. The van der Waals surface area contributed by atoms with Gasteiger partial charge in [0, 0.05) is 15.6 Å². The Bertz CT molecular complexity index is 1770. The van der Waals surface area contributed by atoms with Gasteiger partial charge in [0.1, 0.15) is 5.75 Å². The first kappa shape index (κ1) is 26.7. The van der Waals surface area contributed by atoms with E-state index in [2.05, 4.69) is 21.0 Å². The van der Waals surface area contributed by atoms with Crippen molar-refractivity contribution in [2.45, 2.75) is 0 Å². The zero-order valence-electron chi connectivity index (χ0n) is 21.6. The molecule has 0 atom stereocenters. The van der Waals surface area contributed by atoms with Gasteiger partial charge in [0.2, 0.25) is 11.5 Å². The fraction of sp³-hybridized carbons (Fsp3) is 0.103. The third-order valence-electron chi connectivity index (χ3n) is 5.89. The minimum absolute atomic E-state index is 0.0467. The van der Waals surface area contributed by atoms with Crippen molar-refractivity contribution >= 4 is 39.0 Å². The Kier molecular flexibility index (Phi) is 7.65. The maximum atomic E-state index is 13.7.